The number of hydrogen-bond acceptors (Lipinski definition) is 5. The number of aromatic nitrogens is 4. The average Bonchev–Trinajstić information content (AvgIpc) is 3.27. The lowest BCUT2D eigenvalue weighted by Crippen LogP contribution is -2.43. The summed E-state index contributed by atoms with van der Waals surface area (Å²) in [4.78, 5) is 11.5. The van der Waals surface area contributed by atoms with Crippen LogP contribution in [0.15, 0.2) is 79.4 Å². The average molecular weight is 407 g/mol. The van der Waals surface area contributed by atoms with Crippen LogP contribution in [-0.2, 0) is 0 Å². The Hall–Kier alpha value is -3.77. The fourth-order valence-corrected chi connectivity index (χ4v) is 4.27. The van der Waals surface area contributed by atoms with Gasteiger partial charge in [-0.1, -0.05) is 30.3 Å². The van der Waals surface area contributed by atoms with E-state index in [1.54, 1.807) is 6.07 Å². The van der Waals surface area contributed by atoms with Crippen molar-refractivity contribution < 1.29 is 1.37 Å². The second kappa shape index (κ2) is 7.49. The van der Waals surface area contributed by atoms with Gasteiger partial charge >= 0.3 is 0 Å². The minimum absolute atomic E-state index is 0.235. The molecule has 0 unspecified atom stereocenters. The first kappa shape index (κ1) is 17.0. The van der Waals surface area contributed by atoms with E-state index in [4.69, 9.17) is 6.35 Å². The Balaban J connectivity index is 1.37. The summed E-state index contributed by atoms with van der Waals surface area (Å²) in [6.07, 6.45) is 5.96. The summed E-state index contributed by atoms with van der Waals surface area (Å²) in [5, 5.41) is 8.95. The zero-order valence-corrected chi connectivity index (χ0v) is 17.0. The highest BCUT2D eigenvalue weighted by Crippen LogP contribution is 2.31. The quantitative estimate of drug-likeness (QED) is 0.490. The second-order valence-corrected chi connectivity index (χ2v) is 7.77. The first-order valence-corrected chi connectivity index (χ1v) is 10.5. The lowest BCUT2D eigenvalue weighted by molar-refractivity contribution is 0.589. The van der Waals surface area contributed by atoms with E-state index in [1.807, 2.05) is 47.4 Å². The molecule has 0 bridgehead atoms. The van der Waals surface area contributed by atoms with E-state index >= 15 is 0 Å². The number of fused-ring (bicyclic) bond motifs is 2. The summed E-state index contributed by atoms with van der Waals surface area (Å²) in [7, 11) is 0. The molecule has 0 radical (unpaired) electrons. The normalized spacial score (nSPS) is 14.8. The van der Waals surface area contributed by atoms with E-state index in [-0.39, 0.29) is 6.17 Å². The van der Waals surface area contributed by atoms with Crippen LogP contribution in [-0.4, -0.2) is 45.8 Å². The molecule has 152 valence electrons. The van der Waals surface area contributed by atoms with Crippen LogP contribution < -0.4 is 10.2 Å². The van der Waals surface area contributed by atoms with Crippen LogP contribution in [0.5, 0.6) is 0 Å². The van der Waals surface area contributed by atoms with Crippen LogP contribution in [0.2, 0.25) is 0 Å². The molecule has 1 saturated heterocycles. The molecule has 0 spiro atoms. The van der Waals surface area contributed by atoms with Crippen molar-refractivity contribution in [3.8, 4) is 22.3 Å². The molecule has 1 aliphatic rings. The fraction of sp³-hybridized carbons (Fsp3) is 0.160. The third kappa shape index (κ3) is 3.21. The highest BCUT2D eigenvalue weighted by molar-refractivity contribution is 5.97. The van der Waals surface area contributed by atoms with E-state index < -0.39 is 0 Å². The van der Waals surface area contributed by atoms with Gasteiger partial charge in [0.05, 0.1) is 13.1 Å². The van der Waals surface area contributed by atoms with Gasteiger partial charge in [-0.15, -0.1) is 0 Å². The van der Waals surface area contributed by atoms with Crippen molar-refractivity contribution in [1.82, 2.24) is 24.9 Å². The number of nitrogens with zero attached hydrogens (tertiary/aromatic N) is 5. The number of hydrogen-bond donors (Lipinski definition) is 1. The number of benzene rings is 2. The third-order valence-corrected chi connectivity index (χ3v) is 5.92. The summed E-state index contributed by atoms with van der Waals surface area (Å²) < 4.78 is 9.91. The van der Waals surface area contributed by atoms with E-state index in [1.165, 1.54) is 5.69 Å². The SMILES string of the molecule is [2H]c1cc(-c2cnn3cc(-c4ccc(N5CCNCC5)cc4)cnc23)c2ccccc2n1. The Morgan fingerprint density at radius 3 is 2.55 bits per heavy atom. The first-order valence-electron chi connectivity index (χ1n) is 11.0. The van der Waals surface area contributed by atoms with Gasteiger partial charge in [-0.05, 0) is 35.4 Å². The molecule has 1 aliphatic heterocycles. The molecule has 0 aliphatic carbocycles. The molecule has 0 atom stereocenters. The Bertz CT molecular complexity index is 1420. The molecule has 4 heterocycles. The summed E-state index contributed by atoms with van der Waals surface area (Å²) in [5.41, 5.74) is 6.77. The molecule has 2 aromatic carbocycles. The van der Waals surface area contributed by atoms with Crippen molar-refractivity contribution in [3.05, 3.63) is 79.4 Å². The molecule has 3 aromatic heterocycles. The number of anilines is 1. The highest BCUT2D eigenvalue weighted by Gasteiger charge is 2.13. The molecule has 6 rings (SSSR count). The van der Waals surface area contributed by atoms with E-state index in [9.17, 15) is 0 Å². The Labute approximate surface area is 181 Å². The predicted molar refractivity (Wildman–Crippen MR) is 124 cm³/mol. The summed E-state index contributed by atoms with van der Waals surface area (Å²) in [6, 6.07) is 18.3. The van der Waals surface area contributed by atoms with Crippen LogP contribution in [0.25, 0.3) is 38.8 Å². The van der Waals surface area contributed by atoms with Crippen LogP contribution >= 0.6 is 0 Å². The van der Waals surface area contributed by atoms with E-state index in [0.717, 1.165) is 65.0 Å². The Morgan fingerprint density at radius 2 is 1.68 bits per heavy atom. The Morgan fingerprint density at radius 1 is 0.839 bits per heavy atom. The summed E-state index contributed by atoms with van der Waals surface area (Å²) in [6.45, 7) is 4.12. The van der Waals surface area contributed by atoms with E-state index in [2.05, 4.69) is 44.6 Å². The number of pyridine rings is 1. The molecule has 0 amide bonds. The van der Waals surface area contributed by atoms with Gasteiger partial charge in [0.1, 0.15) is 0 Å². The zero-order chi connectivity index (χ0) is 21.5. The molecule has 1 fully saturated rings. The standard InChI is InChI=1S/C25H22N6/c1-2-4-24-22(3-1)21(9-10-27-24)23-16-29-31-17-19(15-28-25(23)31)18-5-7-20(8-6-18)30-13-11-26-12-14-30/h1-10,15-17,26H,11-14H2/i10D. The number of nitrogens with one attached hydrogen (secondary N) is 1. The molecular formula is C25H22N6. The second-order valence-electron chi connectivity index (χ2n) is 7.77. The molecule has 6 heteroatoms. The van der Waals surface area contributed by atoms with E-state index in [0.29, 0.717) is 0 Å². The molecule has 1 N–H and O–H groups in total. The maximum atomic E-state index is 8.10. The van der Waals surface area contributed by atoms with Gasteiger partial charge in [-0.3, -0.25) is 4.98 Å². The fourth-order valence-electron chi connectivity index (χ4n) is 4.27. The van der Waals surface area contributed by atoms with Crippen molar-refractivity contribution in [2.24, 2.45) is 0 Å². The van der Waals surface area contributed by atoms with Crippen molar-refractivity contribution in [1.29, 1.82) is 0 Å². The van der Waals surface area contributed by atoms with Gasteiger partial charge in [0.2, 0.25) is 0 Å². The van der Waals surface area contributed by atoms with Gasteiger partial charge in [-0.25, -0.2) is 9.50 Å². The van der Waals surface area contributed by atoms with Crippen molar-refractivity contribution >= 4 is 22.2 Å². The van der Waals surface area contributed by atoms with Crippen molar-refractivity contribution in [2.75, 3.05) is 31.1 Å². The highest BCUT2D eigenvalue weighted by atomic mass is 15.2. The number of para-hydroxylation sites is 1. The smallest absolute Gasteiger partial charge is 0.162 e. The van der Waals surface area contributed by atoms with Gasteiger partial charge in [0.25, 0.3) is 0 Å². The molecule has 6 nitrogen and oxygen atoms in total. The van der Waals surface area contributed by atoms with Crippen LogP contribution in [0.1, 0.15) is 1.37 Å². The van der Waals surface area contributed by atoms with Crippen LogP contribution in [0.4, 0.5) is 5.69 Å². The lowest BCUT2D eigenvalue weighted by atomic mass is 10.0. The Kier molecular flexibility index (Phi) is 4.10. The van der Waals surface area contributed by atoms with Crippen LogP contribution in [0.3, 0.4) is 0 Å². The monoisotopic (exact) mass is 407 g/mol. The zero-order valence-electron chi connectivity index (χ0n) is 18.0. The maximum absolute atomic E-state index is 8.10. The predicted octanol–water partition coefficient (Wildman–Crippen LogP) is 4.02. The van der Waals surface area contributed by atoms with Crippen molar-refractivity contribution in [3.63, 3.8) is 0 Å². The molecule has 31 heavy (non-hydrogen) atoms. The minimum atomic E-state index is 0.235. The largest absolute Gasteiger partial charge is 0.369 e. The maximum Gasteiger partial charge on any atom is 0.162 e. The number of rotatable bonds is 3. The van der Waals surface area contributed by atoms with Crippen LogP contribution in [0, 0.1) is 0 Å². The first-order chi connectivity index (χ1) is 15.8. The topological polar surface area (TPSA) is 58.4 Å². The lowest BCUT2D eigenvalue weighted by Gasteiger charge is -2.29. The minimum Gasteiger partial charge on any atom is -0.369 e. The molecule has 0 saturated carbocycles. The summed E-state index contributed by atoms with van der Waals surface area (Å²) in [5.74, 6) is 0. The summed E-state index contributed by atoms with van der Waals surface area (Å²) >= 11 is 0. The van der Waals surface area contributed by atoms with Crippen molar-refractivity contribution in [2.45, 2.75) is 0 Å². The third-order valence-electron chi connectivity index (χ3n) is 5.92. The van der Waals surface area contributed by atoms with Gasteiger partial charge in [0, 0.05) is 66.9 Å². The van der Waals surface area contributed by atoms with Gasteiger partial charge < -0.3 is 10.2 Å². The molecule has 5 aromatic rings. The number of piperazine rings is 1. The molecular weight excluding hydrogens is 384 g/mol. The van der Waals surface area contributed by atoms with Gasteiger partial charge in [-0.2, -0.15) is 5.10 Å². The van der Waals surface area contributed by atoms with Gasteiger partial charge in [0.15, 0.2) is 5.65 Å².